The van der Waals surface area contributed by atoms with Gasteiger partial charge in [-0.25, -0.2) is 9.13 Å². The zero-order chi connectivity index (χ0) is 10.9. The van der Waals surface area contributed by atoms with Gasteiger partial charge in [0.05, 0.1) is 13.6 Å². The quantitative estimate of drug-likeness (QED) is 0.207. The van der Waals surface area contributed by atoms with Crippen molar-refractivity contribution in [3.8, 4) is 0 Å². The number of unbranched alkanes of at least 4 members (excludes halogenated alkanes) is 3. The van der Waals surface area contributed by atoms with Crippen LogP contribution in [0.2, 0.25) is 0 Å². The molecular formula is C10H18BrN5. The van der Waals surface area contributed by atoms with E-state index in [1.807, 2.05) is 17.8 Å². The number of halogens is 1. The van der Waals surface area contributed by atoms with Crippen LogP contribution in [-0.2, 0) is 13.6 Å². The first-order chi connectivity index (χ1) is 7.33. The van der Waals surface area contributed by atoms with Crippen LogP contribution in [0, 0.1) is 0 Å². The molecule has 1 heterocycles. The molecule has 0 aliphatic carbocycles. The maximum Gasteiger partial charge on any atom is 0.243 e. The van der Waals surface area contributed by atoms with Crippen molar-refractivity contribution in [3.63, 3.8) is 0 Å². The summed E-state index contributed by atoms with van der Waals surface area (Å²) in [6.45, 7) is 1.71. The van der Waals surface area contributed by atoms with E-state index in [2.05, 4.69) is 27.1 Å². The third-order valence-corrected chi connectivity index (χ3v) is 2.31. The lowest BCUT2D eigenvalue weighted by Crippen LogP contribution is -3.00. The van der Waals surface area contributed by atoms with Crippen molar-refractivity contribution in [1.82, 2.24) is 4.57 Å². The molecule has 0 spiro atoms. The number of aromatic nitrogens is 2. The highest BCUT2D eigenvalue weighted by Crippen LogP contribution is 2.02. The first-order valence-electron chi connectivity index (χ1n) is 5.35. The lowest BCUT2D eigenvalue weighted by molar-refractivity contribution is -0.671. The summed E-state index contributed by atoms with van der Waals surface area (Å²) in [5, 5.41) is 3.50. The summed E-state index contributed by atoms with van der Waals surface area (Å²) in [6.07, 6.45) is 10.7. The van der Waals surface area contributed by atoms with Crippen molar-refractivity contribution in [2.24, 2.45) is 12.2 Å². The number of imidazole rings is 1. The van der Waals surface area contributed by atoms with Gasteiger partial charge in [-0.1, -0.05) is 11.5 Å². The van der Waals surface area contributed by atoms with Gasteiger partial charge in [0, 0.05) is 11.5 Å². The molecule has 0 saturated carbocycles. The average Bonchev–Trinajstić information content (AvgIpc) is 2.63. The minimum absolute atomic E-state index is 0. The molecule has 0 saturated heterocycles. The Morgan fingerprint density at radius 2 is 2.06 bits per heavy atom. The van der Waals surface area contributed by atoms with E-state index in [4.69, 9.17) is 5.53 Å². The van der Waals surface area contributed by atoms with Crippen LogP contribution < -0.4 is 21.5 Å². The maximum atomic E-state index is 8.07. The summed E-state index contributed by atoms with van der Waals surface area (Å²) in [5.74, 6) is 0. The summed E-state index contributed by atoms with van der Waals surface area (Å²) in [7, 11) is 2.02. The third kappa shape index (κ3) is 6.48. The Kier molecular flexibility index (Phi) is 8.66. The molecule has 0 aromatic carbocycles. The van der Waals surface area contributed by atoms with Gasteiger partial charge in [-0.3, -0.25) is 0 Å². The molecule has 0 aliphatic heterocycles. The zero-order valence-electron chi connectivity index (χ0n) is 9.59. The van der Waals surface area contributed by atoms with Crippen LogP contribution in [0.3, 0.4) is 0 Å². The molecule has 0 unspecified atom stereocenters. The Morgan fingerprint density at radius 3 is 2.69 bits per heavy atom. The van der Waals surface area contributed by atoms with Crippen LogP contribution in [0.15, 0.2) is 23.8 Å². The molecule has 0 atom stereocenters. The number of nitrogens with zero attached hydrogens (tertiary/aromatic N) is 5. The minimum Gasteiger partial charge on any atom is -1.00 e. The van der Waals surface area contributed by atoms with Crippen LogP contribution in [0.1, 0.15) is 25.7 Å². The van der Waals surface area contributed by atoms with Gasteiger partial charge in [-0.2, -0.15) is 0 Å². The van der Waals surface area contributed by atoms with E-state index < -0.39 is 0 Å². The number of aryl methyl sites for hydroxylation is 2. The van der Waals surface area contributed by atoms with Crippen molar-refractivity contribution < 1.29 is 21.5 Å². The summed E-state index contributed by atoms with van der Waals surface area (Å²) in [5.41, 5.74) is 8.07. The molecule has 0 bridgehead atoms. The van der Waals surface area contributed by atoms with Crippen molar-refractivity contribution in [2.75, 3.05) is 6.54 Å². The average molecular weight is 288 g/mol. The molecule has 0 aliphatic rings. The number of rotatable bonds is 7. The number of hydrogen-bond donors (Lipinski definition) is 0. The first-order valence-corrected chi connectivity index (χ1v) is 5.35. The second-order valence-corrected chi connectivity index (χ2v) is 3.69. The first kappa shape index (κ1) is 15.0. The second kappa shape index (κ2) is 9.24. The van der Waals surface area contributed by atoms with Gasteiger partial charge in [0.1, 0.15) is 12.4 Å². The fraction of sp³-hybridized carbons (Fsp3) is 0.700. The molecule has 1 aromatic heterocycles. The molecule has 0 N–H and O–H groups in total. The van der Waals surface area contributed by atoms with Crippen LogP contribution in [0.25, 0.3) is 10.4 Å². The van der Waals surface area contributed by atoms with Gasteiger partial charge in [-0.05, 0) is 24.8 Å². The summed E-state index contributed by atoms with van der Waals surface area (Å²) < 4.78 is 4.23. The Morgan fingerprint density at radius 1 is 1.31 bits per heavy atom. The molecule has 0 amide bonds. The van der Waals surface area contributed by atoms with Crippen LogP contribution in [-0.4, -0.2) is 11.1 Å². The van der Waals surface area contributed by atoms with Crippen LogP contribution in [0.4, 0.5) is 0 Å². The fourth-order valence-corrected chi connectivity index (χ4v) is 1.51. The number of azide groups is 1. The van der Waals surface area contributed by atoms with E-state index in [0.717, 1.165) is 19.4 Å². The molecule has 16 heavy (non-hydrogen) atoms. The summed E-state index contributed by atoms with van der Waals surface area (Å²) >= 11 is 0. The van der Waals surface area contributed by atoms with E-state index in [9.17, 15) is 0 Å². The van der Waals surface area contributed by atoms with Gasteiger partial charge >= 0.3 is 0 Å². The van der Waals surface area contributed by atoms with Crippen LogP contribution >= 0.6 is 0 Å². The largest absolute Gasteiger partial charge is 1.00 e. The minimum atomic E-state index is 0. The van der Waals surface area contributed by atoms with E-state index in [-0.39, 0.29) is 17.0 Å². The predicted octanol–water partition coefficient (Wildman–Crippen LogP) is -0.813. The summed E-state index contributed by atoms with van der Waals surface area (Å²) in [6, 6.07) is 0. The lowest BCUT2D eigenvalue weighted by atomic mass is 10.2. The Bertz CT molecular complexity index is 330. The standard InChI is InChI=1S/C10H18N5.BrH/c1-14-8-9-15(10-14)7-5-3-2-4-6-12-13-11;/h8-10H,2-7H2,1H3;1H/q+1;/p-1. The van der Waals surface area contributed by atoms with E-state index in [1.165, 1.54) is 12.8 Å². The normalized spacial score (nSPS) is 9.31. The van der Waals surface area contributed by atoms with Gasteiger partial charge in [0.15, 0.2) is 0 Å². The van der Waals surface area contributed by atoms with Crippen molar-refractivity contribution >= 4 is 0 Å². The maximum absolute atomic E-state index is 8.07. The van der Waals surface area contributed by atoms with Gasteiger partial charge < -0.3 is 17.0 Å². The van der Waals surface area contributed by atoms with E-state index in [0.29, 0.717) is 6.54 Å². The van der Waals surface area contributed by atoms with Crippen LogP contribution in [0.5, 0.6) is 0 Å². The predicted molar refractivity (Wildman–Crippen MR) is 58.1 cm³/mol. The van der Waals surface area contributed by atoms with Crippen molar-refractivity contribution in [1.29, 1.82) is 0 Å². The third-order valence-electron chi connectivity index (χ3n) is 2.31. The Labute approximate surface area is 106 Å². The SMILES string of the molecule is C[n+]1ccn(CCCCCCN=[N+]=[N-])c1.[Br-]. The van der Waals surface area contributed by atoms with E-state index >= 15 is 0 Å². The summed E-state index contributed by atoms with van der Waals surface area (Å²) in [4.78, 5) is 2.72. The lowest BCUT2D eigenvalue weighted by Gasteiger charge is -1.97. The molecule has 5 nitrogen and oxygen atoms in total. The highest BCUT2D eigenvalue weighted by Gasteiger charge is 1.98. The van der Waals surface area contributed by atoms with Crippen molar-refractivity contribution in [3.05, 3.63) is 29.2 Å². The molecule has 0 fully saturated rings. The number of hydrogen-bond acceptors (Lipinski definition) is 1. The van der Waals surface area contributed by atoms with E-state index in [1.54, 1.807) is 0 Å². The molecule has 1 aromatic rings. The Hall–Kier alpha value is -1.00. The molecule has 6 heteroatoms. The molecule has 90 valence electrons. The molecule has 0 radical (unpaired) electrons. The van der Waals surface area contributed by atoms with Gasteiger partial charge in [0.2, 0.25) is 6.33 Å². The Balaban J connectivity index is 0.00000225. The van der Waals surface area contributed by atoms with Crippen molar-refractivity contribution in [2.45, 2.75) is 32.2 Å². The highest BCUT2D eigenvalue weighted by molar-refractivity contribution is 4.65. The highest BCUT2D eigenvalue weighted by atomic mass is 79.9. The zero-order valence-corrected chi connectivity index (χ0v) is 11.2. The molecule has 1 rings (SSSR count). The second-order valence-electron chi connectivity index (χ2n) is 3.69. The molecular weight excluding hydrogens is 270 g/mol. The fourth-order valence-electron chi connectivity index (χ4n) is 1.51. The van der Waals surface area contributed by atoms with Gasteiger partial charge in [-0.15, -0.1) is 0 Å². The smallest absolute Gasteiger partial charge is 0.243 e. The van der Waals surface area contributed by atoms with Gasteiger partial charge in [0.25, 0.3) is 0 Å². The topological polar surface area (TPSA) is 57.6 Å². The monoisotopic (exact) mass is 287 g/mol.